The number of ether oxygens (including phenoxy) is 1. The number of hydrogen-bond acceptors (Lipinski definition) is 5. The summed E-state index contributed by atoms with van der Waals surface area (Å²) in [7, 11) is -2.45. The molecule has 0 spiro atoms. The van der Waals surface area contributed by atoms with Gasteiger partial charge in [-0.15, -0.1) is 0 Å². The first-order valence-corrected chi connectivity index (χ1v) is 8.93. The number of carbonyl (C=O) groups is 1. The van der Waals surface area contributed by atoms with E-state index in [0.717, 1.165) is 16.5 Å². The maximum absolute atomic E-state index is 12.0. The zero-order valence-electron chi connectivity index (χ0n) is 13.9. The first kappa shape index (κ1) is 18.7. The normalized spacial score (nSPS) is 11.4. The molecular formula is C18H19NO5S. The van der Waals surface area contributed by atoms with Gasteiger partial charge in [0.2, 0.25) is 5.91 Å². The van der Waals surface area contributed by atoms with Gasteiger partial charge in [-0.2, -0.15) is 8.42 Å². The molecule has 132 valence electrons. The van der Waals surface area contributed by atoms with E-state index in [-0.39, 0.29) is 18.3 Å². The fourth-order valence-electron chi connectivity index (χ4n) is 1.92. The average molecular weight is 361 g/mol. The maximum atomic E-state index is 12.0. The second kappa shape index (κ2) is 8.46. The monoisotopic (exact) mass is 361 g/mol. The van der Waals surface area contributed by atoms with Gasteiger partial charge < -0.3 is 14.2 Å². The Labute approximate surface area is 147 Å². The van der Waals surface area contributed by atoms with Crippen LogP contribution in [-0.4, -0.2) is 28.0 Å². The van der Waals surface area contributed by atoms with Crippen molar-refractivity contribution in [1.29, 1.82) is 0 Å². The lowest BCUT2D eigenvalue weighted by Crippen LogP contribution is -2.16. The predicted molar refractivity (Wildman–Crippen MR) is 96.7 cm³/mol. The topological polar surface area (TPSA) is 81.7 Å². The van der Waals surface area contributed by atoms with Gasteiger partial charge in [0.1, 0.15) is 12.4 Å². The molecule has 0 saturated heterocycles. The van der Waals surface area contributed by atoms with Crippen LogP contribution >= 0.6 is 0 Å². The number of anilines is 1. The van der Waals surface area contributed by atoms with Crippen LogP contribution in [0, 0.1) is 6.92 Å². The van der Waals surface area contributed by atoms with Crippen molar-refractivity contribution in [3.63, 3.8) is 0 Å². The Balaban J connectivity index is 2.00. The van der Waals surface area contributed by atoms with Gasteiger partial charge in [-0.3, -0.25) is 4.79 Å². The average Bonchev–Trinajstić information content (AvgIpc) is 2.56. The highest BCUT2D eigenvalue weighted by atomic mass is 32.2. The molecule has 0 radical (unpaired) electrons. The van der Waals surface area contributed by atoms with E-state index >= 15 is 0 Å². The zero-order chi connectivity index (χ0) is 18.3. The minimum absolute atomic E-state index is 0.0591. The molecule has 0 atom stereocenters. The molecule has 0 aliphatic rings. The van der Waals surface area contributed by atoms with Crippen LogP contribution in [0.5, 0.6) is 5.75 Å². The standard InChI is InChI=1S/C18H19NO5S/c1-14-3-5-15(6-4-14)11-12-25(21,22)24-17-9-7-16(8-10-17)19-18(20)13-23-2/h3-12H,13H2,1-2H3,(H,19,20)/b12-11+. The van der Waals surface area contributed by atoms with Gasteiger partial charge in [-0.1, -0.05) is 29.8 Å². The Morgan fingerprint density at radius 1 is 1.08 bits per heavy atom. The van der Waals surface area contributed by atoms with E-state index in [9.17, 15) is 13.2 Å². The molecule has 2 aromatic carbocycles. The van der Waals surface area contributed by atoms with Crippen molar-refractivity contribution in [2.75, 3.05) is 19.0 Å². The first-order chi connectivity index (χ1) is 11.9. The first-order valence-electron chi connectivity index (χ1n) is 7.46. The number of aryl methyl sites for hydroxylation is 1. The molecular weight excluding hydrogens is 342 g/mol. The Hall–Kier alpha value is -2.64. The molecule has 1 N–H and O–H groups in total. The number of carbonyl (C=O) groups excluding carboxylic acids is 1. The van der Waals surface area contributed by atoms with E-state index in [2.05, 4.69) is 5.32 Å². The SMILES string of the molecule is COCC(=O)Nc1ccc(OS(=O)(=O)/C=C/c2ccc(C)cc2)cc1. The van der Waals surface area contributed by atoms with Crippen molar-refractivity contribution in [1.82, 2.24) is 0 Å². The number of hydrogen-bond donors (Lipinski definition) is 1. The fourth-order valence-corrected chi connectivity index (χ4v) is 2.68. The second-order valence-electron chi connectivity index (χ2n) is 5.30. The molecule has 0 bridgehead atoms. The van der Waals surface area contributed by atoms with Crippen LogP contribution in [0.3, 0.4) is 0 Å². The van der Waals surface area contributed by atoms with Crippen LogP contribution in [0.2, 0.25) is 0 Å². The Bertz CT molecular complexity index is 840. The van der Waals surface area contributed by atoms with Crippen LogP contribution in [0.1, 0.15) is 11.1 Å². The molecule has 7 heteroatoms. The molecule has 0 unspecified atom stereocenters. The number of nitrogens with one attached hydrogen (secondary N) is 1. The van der Waals surface area contributed by atoms with Crippen LogP contribution in [-0.2, 0) is 19.6 Å². The van der Waals surface area contributed by atoms with Crippen molar-refractivity contribution in [3.8, 4) is 5.75 Å². The van der Waals surface area contributed by atoms with Crippen LogP contribution in [0.25, 0.3) is 6.08 Å². The van der Waals surface area contributed by atoms with Crippen molar-refractivity contribution in [3.05, 3.63) is 65.1 Å². The molecule has 0 aliphatic carbocycles. The fraction of sp³-hybridized carbons (Fsp3) is 0.167. The molecule has 6 nitrogen and oxygen atoms in total. The highest BCUT2D eigenvalue weighted by Crippen LogP contribution is 2.18. The van der Waals surface area contributed by atoms with Gasteiger partial charge >= 0.3 is 10.1 Å². The summed E-state index contributed by atoms with van der Waals surface area (Å²) >= 11 is 0. The minimum atomic E-state index is -3.88. The molecule has 0 heterocycles. The summed E-state index contributed by atoms with van der Waals surface area (Å²) in [6.45, 7) is 1.89. The molecule has 0 aliphatic heterocycles. The van der Waals surface area contributed by atoms with Crippen LogP contribution in [0.4, 0.5) is 5.69 Å². The highest BCUT2D eigenvalue weighted by molar-refractivity contribution is 7.90. The summed E-state index contributed by atoms with van der Waals surface area (Å²) in [6.07, 6.45) is 1.47. The summed E-state index contributed by atoms with van der Waals surface area (Å²) in [6, 6.07) is 13.4. The lowest BCUT2D eigenvalue weighted by atomic mass is 10.2. The van der Waals surface area contributed by atoms with Crippen molar-refractivity contribution >= 4 is 27.8 Å². The zero-order valence-corrected chi connectivity index (χ0v) is 14.7. The molecule has 0 saturated carbocycles. The summed E-state index contributed by atoms with van der Waals surface area (Å²) < 4.78 is 33.7. The van der Waals surface area contributed by atoms with E-state index < -0.39 is 10.1 Å². The molecule has 0 fully saturated rings. The molecule has 2 aromatic rings. The van der Waals surface area contributed by atoms with E-state index in [1.165, 1.54) is 25.3 Å². The number of rotatable bonds is 7. The Morgan fingerprint density at radius 3 is 2.32 bits per heavy atom. The minimum Gasteiger partial charge on any atom is -0.379 e. The summed E-state index contributed by atoms with van der Waals surface area (Å²) in [4.78, 5) is 11.4. The predicted octanol–water partition coefficient (Wildman–Crippen LogP) is 2.96. The molecule has 1 amide bonds. The van der Waals surface area contributed by atoms with Gasteiger partial charge in [0.25, 0.3) is 0 Å². The number of amides is 1. The van der Waals surface area contributed by atoms with Gasteiger partial charge in [0.05, 0.1) is 5.41 Å². The number of methoxy groups -OCH3 is 1. The Kier molecular flexibility index (Phi) is 6.32. The summed E-state index contributed by atoms with van der Waals surface area (Å²) in [5.41, 5.74) is 2.37. The maximum Gasteiger partial charge on any atom is 0.332 e. The quantitative estimate of drug-likeness (QED) is 0.767. The van der Waals surface area contributed by atoms with Gasteiger partial charge in [0.15, 0.2) is 0 Å². The highest BCUT2D eigenvalue weighted by Gasteiger charge is 2.09. The molecule has 25 heavy (non-hydrogen) atoms. The molecule has 2 rings (SSSR count). The largest absolute Gasteiger partial charge is 0.379 e. The van der Waals surface area contributed by atoms with Crippen molar-refractivity contribution in [2.24, 2.45) is 0 Å². The van der Waals surface area contributed by atoms with Gasteiger partial charge in [-0.05, 0) is 42.8 Å². The lowest BCUT2D eigenvalue weighted by molar-refractivity contribution is -0.119. The van der Waals surface area contributed by atoms with E-state index in [1.807, 2.05) is 31.2 Å². The van der Waals surface area contributed by atoms with Crippen LogP contribution in [0.15, 0.2) is 53.9 Å². The Morgan fingerprint density at radius 2 is 1.72 bits per heavy atom. The van der Waals surface area contributed by atoms with Gasteiger partial charge in [0, 0.05) is 12.8 Å². The van der Waals surface area contributed by atoms with Crippen LogP contribution < -0.4 is 9.50 Å². The van der Waals surface area contributed by atoms with Crippen molar-refractivity contribution in [2.45, 2.75) is 6.92 Å². The smallest absolute Gasteiger partial charge is 0.332 e. The third-order valence-electron chi connectivity index (χ3n) is 3.13. The van der Waals surface area contributed by atoms with Crippen molar-refractivity contribution < 1.29 is 22.1 Å². The molecule has 0 aromatic heterocycles. The van der Waals surface area contributed by atoms with E-state index in [4.69, 9.17) is 8.92 Å². The third-order valence-corrected chi connectivity index (χ3v) is 4.02. The van der Waals surface area contributed by atoms with Gasteiger partial charge in [-0.25, -0.2) is 0 Å². The van der Waals surface area contributed by atoms with E-state index in [0.29, 0.717) is 5.69 Å². The number of benzene rings is 2. The summed E-state index contributed by atoms with van der Waals surface area (Å²) in [5.74, 6) is -0.150. The third kappa shape index (κ3) is 6.40. The lowest BCUT2D eigenvalue weighted by Gasteiger charge is -2.06. The second-order valence-corrected chi connectivity index (χ2v) is 6.72. The summed E-state index contributed by atoms with van der Waals surface area (Å²) in [5, 5.41) is 3.61. The van der Waals surface area contributed by atoms with E-state index in [1.54, 1.807) is 12.1 Å².